The number of amides is 1. The quantitative estimate of drug-likeness (QED) is 0.790. The van der Waals surface area contributed by atoms with Crippen LogP contribution in [0.25, 0.3) is 5.70 Å². The third-order valence-corrected chi connectivity index (χ3v) is 5.09. The molecule has 3 heterocycles. The van der Waals surface area contributed by atoms with E-state index in [1.165, 1.54) is 0 Å². The molecule has 146 valence electrons. The largest absolute Gasteiger partial charge is 0.445 e. The Kier molecular flexibility index (Phi) is 5.23. The van der Waals surface area contributed by atoms with Crippen molar-refractivity contribution in [3.63, 3.8) is 0 Å². The fourth-order valence-electron chi connectivity index (χ4n) is 3.71. The summed E-state index contributed by atoms with van der Waals surface area (Å²) in [5.41, 5.74) is 3.69. The van der Waals surface area contributed by atoms with E-state index in [0.29, 0.717) is 13.1 Å². The van der Waals surface area contributed by atoms with Crippen molar-refractivity contribution in [3.05, 3.63) is 59.4 Å². The van der Waals surface area contributed by atoms with E-state index in [0.717, 1.165) is 41.2 Å². The maximum atomic E-state index is 12.6. The lowest BCUT2D eigenvalue weighted by Crippen LogP contribution is -2.41. The van der Waals surface area contributed by atoms with Crippen LogP contribution in [0.15, 0.2) is 58.3 Å². The van der Waals surface area contributed by atoms with Gasteiger partial charge in [-0.3, -0.25) is 4.99 Å². The fourth-order valence-corrected chi connectivity index (χ4v) is 3.71. The van der Waals surface area contributed by atoms with Crippen LogP contribution in [0.4, 0.5) is 10.6 Å². The number of benzene rings is 1. The lowest BCUT2D eigenvalue weighted by molar-refractivity contribution is 0.0825. The van der Waals surface area contributed by atoms with E-state index >= 15 is 0 Å². The van der Waals surface area contributed by atoms with Crippen molar-refractivity contribution in [2.75, 3.05) is 13.1 Å². The van der Waals surface area contributed by atoms with Crippen LogP contribution >= 0.6 is 0 Å². The van der Waals surface area contributed by atoms with Gasteiger partial charge in [0.25, 0.3) is 0 Å². The Hall–Kier alpha value is -3.35. The van der Waals surface area contributed by atoms with E-state index in [9.17, 15) is 4.79 Å². The van der Waals surface area contributed by atoms with E-state index in [-0.39, 0.29) is 20.0 Å². The van der Waals surface area contributed by atoms with Crippen LogP contribution in [0.1, 0.15) is 25.4 Å². The highest BCUT2D eigenvalue weighted by Crippen LogP contribution is 2.34. The van der Waals surface area contributed by atoms with Crippen LogP contribution in [-0.2, 0) is 11.3 Å². The minimum absolute atomic E-state index is 0. The number of likely N-dealkylation sites (tertiary alicyclic amines) is 1. The number of aromatic nitrogens is 1. The second-order valence-corrected chi connectivity index (χ2v) is 6.89. The van der Waals surface area contributed by atoms with Crippen LogP contribution in [0.3, 0.4) is 0 Å². The molecule has 7 nitrogen and oxygen atoms in total. The standard InChI is InChI=1S/C21H23N5O2.H2/c1-22-18(19-17-9-10-23-20(17)25-14-24-19)16-8-5-11-26(12-16)21(27)28-13-15-6-3-2-4-7-15;/h2-4,6-7,9-10,14,16,23H,1,5,8,11-13H2,(H,24,25);1H/b19-18-;. The van der Waals surface area contributed by atoms with Crippen molar-refractivity contribution < 1.29 is 11.0 Å². The lowest BCUT2D eigenvalue weighted by Gasteiger charge is -2.33. The number of ether oxygens (including phenoxy) is 1. The summed E-state index contributed by atoms with van der Waals surface area (Å²) in [4.78, 5) is 26.0. The molecule has 2 N–H and O–H groups in total. The normalized spacial score (nSPS) is 20.1. The summed E-state index contributed by atoms with van der Waals surface area (Å²) in [6, 6.07) is 11.7. The number of aliphatic imine (C=N–C) groups is 2. The predicted octanol–water partition coefficient (Wildman–Crippen LogP) is 3.94. The molecule has 1 aromatic carbocycles. The second kappa shape index (κ2) is 8.12. The van der Waals surface area contributed by atoms with Crippen LogP contribution in [0.2, 0.25) is 0 Å². The number of fused-ring (bicyclic) bond motifs is 1. The number of rotatable bonds is 4. The van der Waals surface area contributed by atoms with Crippen LogP contribution in [-0.4, -0.2) is 42.1 Å². The fraction of sp³-hybridized carbons (Fsp3) is 0.286. The van der Waals surface area contributed by atoms with Gasteiger partial charge >= 0.3 is 6.09 Å². The summed E-state index contributed by atoms with van der Waals surface area (Å²) in [6.45, 7) is 5.30. The first-order chi connectivity index (χ1) is 13.8. The number of nitrogens with zero attached hydrogens (tertiary/aromatic N) is 3. The van der Waals surface area contributed by atoms with Crippen molar-refractivity contribution in [2.24, 2.45) is 15.9 Å². The molecule has 0 spiro atoms. The van der Waals surface area contributed by atoms with Gasteiger partial charge in [-0.1, -0.05) is 30.3 Å². The zero-order chi connectivity index (χ0) is 19.3. The van der Waals surface area contributed by atoms with E-state index in [1.807, 2.05) is 42.6 Å². The molecule has 2 aromatic rings. The number of piperidine rings is 1. The van der Waals surface area contributed by atoms with Gasteiger partial charge in [-0.2, -0.15) is 0 Å². The molecule has 1 unspecified atom stereocenters. The number of carbonyl (C=O) groups is 1. The number of hydrogen-bond donors (Lipinski definition) is 2. The van der Waals surface area contributed by atoms with E-state index in [2.05, 4.69) is 27.0 Å². The monoisotopic (exact) mass is 379 g/mol. The summed E-state index contributed by atoms with van der Waals surface area (Å²) < 4.78 is 5.50. The second-order valence-electron chi connectivity index (χ2n) is 6.89. The first-order valence-corrected chi connectivity index (χ1v) is 9.39. The number of nitrogens with one attached hydrogen (secondary N) is 2. The molecule has 2 aliphatic heterocycles. The summed E-state index contributed by atoms with van der Waals surface area (Å²) in [5, 5.41) is 3.20. The first kappa shape index (κ1) is 18.0. The van der Waals surface area contributed by atoms with Gasteiger partial charge in [0.2, 0.25) is 0 Å². The highest BCUT2D eigenvalue weighted by Gasteiger charge is 2.30. The Labute approximate surface area is 165 Å². The lowest BCUT2D eigenvalue weighted by atomic mass is 9.92. The molecule has 28 heavy (non-hydrogen) atoms. The molecule has 7 heteroatoms. The summed E-state index contributed by atoms with van der Waals surface area (Å²) in [5.74, 6) is 0.886. The highest BCUT2D eigenvalue weighted by molar-refractivity contribution is 5.87. The maximum Gasteiger partial charge on any atom is 0.410 e. The Balaban J connectivity index is 0.00000240. The Morgan fingerprint density at radius 2 is 2.21 bits per heavy atom. The third kappa shape index (κ3) is 3.69. The van der Waals surface area contributed by atoms with Crippen molar-refractivity contribution in [3.8, 4) is 0 Å². The number of aromatic amines is 1. The Morgan fingerprint density at radius 3 is 3.04 bits per heavy atom. The highest BCUT2D eigenvalue weighted by atomic mass is 16.6. The number of hydrogen-bond acceptors (Lipinski definition) is 5. The van der Waals surface area contributed by atoms with E-state index < -0.39 is 0 Å². The molecule has 2 aliphatic rings. The van der Waals surface area contributed by atoms with Gasteiger partial charge in [0, 0.05) is 32.2 Å². The van der Waals surface area contributed by atoms with Gasteiger partial charge in [0.1, 0.15) is 12.4 Å². The maximum absolute atomic E-state index is 12.6. The van der Waals surface area contributed by atoms with Gasteiger partial charge in [0.15, 0.2) is 0 Å². The molecule has 1 atom stereocenters. The molecular weight excluding hydrogens is 354 g/mol. The summed E-state index contributed by atoms with van der Waals surface area (Å²) in [7, 11) is 0. The molecule has 1 fully saturated rings. The van der Waals surface area contributed by atoms with Crippen molar-refractivity contribution >= 4 is 30.7 Å². The molecule has 4 rings (SSSR count). The zero-order valence-corrected chi connectivity index (χ0v) is 15.6. The minimum Gasteiger partial charge on any atom is -0.445 e. The Bertz CT molecular complexity index is 922. The van der Waals surface area contributed by atoms with Crippen LogP contribution in [0, 0.1) is 5.92 Å². The van der Waals surface area contributed by atoms with Gasteiger partial charge in [-0.25, -0.2) is 9.79 Å². The van der Waals surface area contributed by atoms with Gasteiger partial charge in [0.05, 0.1) is 17.7 Å². The SMILES string of the molecule is C=N/C(=C1\NC=Nc2[nH]ccc21)C1CCCN(C(=O)OCc2ccccc2)C1.[HH]. The summed E-state index contributed by atoms with van der Waals surface area (Å²) >= 11 is 0. The van der Waals surface area contributed by atoms with Gasteiger partial charge in [-0.15, -0.1) is 0 Å². The Morgan fingerprint density at radius 1 is 1.36 bits per heavy atom. The van der Waals surface area contributed by atoms with E-state index in [1.54, 1.807) is 11.2 Å². The molecule has 0 bridgehead atoms. The average Bonchev–Trinajstić information content (AvgIpc) is 3.23. The van der Waals surface area contributed by atoms with Crippen LogP contribution in [0.5, 0.6) is 0 Å². The number of H-pyrrole nitrogens is 1. The van der Waals surface area contributed by atoms with Gasteiger partial charge < -0.3 is 19.9 Å². The van der Waals surface area contributed by atoms with Crippen molar-refractivity contribution in [1.82, 2.24) is 15.2 Å². The first-order valence-electron chi connectivity index (χ1n) is 9.39. The third-order valence-electron chi connectivity index (χ3n) is 5.09. The molecule has 1 aromatic heterocycles. The topological polar surface area (TPSA) is 82.1 Å². The predicted molar refractivity (Wildman–Crippen MR) is 112 cm³/mol. The van der Waals surface area contributed by atoms with E-state index in [4.69, 9.17) is 4.74 Å². The van der Waals surface area contributed by atoms with Crippen molar-refractivity contribution in [2.45, 2.75) is 19.4 Å². The smallest absolute Gasteiger partial charge is 0.410 e. The van der Waals surface area contributed by atoms with Gasteiger partial charge in [-0.05, 0) is 31.2 Å². The molecule has 0 radical (unpaired) electrons. The summed E-state index contributed by atoms with van der Waals surface area (Å²) in [6.07, 6.45) is 5.05. The average molecular weight is 379 g/mol. The zero-order valence-electron chi connectivity index (χ0n) is 15.6. The molecule has 1 saturated heterocycles. The number of carbonyl (C=O) groups excluding carboxylic acids is 1. The molecule has 0 saturated carbocycles. The van der Waals surface area contributed by atoms with Crippen LogP contribution < -0.4 is 5.32 Å². The van der Waals surface area contributed by atoms with Crippen molar-refractivity contribution in [1.29, 1.82) is 0 Å². The molecular formula is C21H25N5O2. The molecule has 0 aliphatic carbocycles. The minimum atomic E-state index is -0.289. The molecule has 1 amide bonds.